The molecule has 29 heavy (non-hydrogen) atoms. The van der Waals surface area contributed by atoms with E-state index in [1.54, 1.807) is 30.3 Å². The Labute approximate surface area is 166 Å². The molecule has 0 radical (unpaired) electrons. The molecule has 0 atom stereocenters. The molecule has 1 amide bonds. The number of nitrogens with one attached hydrogen (secondary N) is 1. The molecule has 5 nitrogen and oxygen atoms in total. The molecule has 1 N–H and O–H groups in total. The molecule has 0 unspecified atom stereocenters. The summed E-state index contributed by atoms with van der Waals surface area (Å²) < 4.78 is 55.0. The maximum atomic E-state index is 13.8. The Morgan fingerprint density at radius 3 is 2.38 bits per heavy atom. The molecule has 0 spiro atoms. The second kappa shape index (κ2) is 6.97. The van der Waals surface area contributed by atoms with Crippen LogP contribution in [0, 0.1) is 18.6 Å². The van der Waals surface area contributed by atoms with E-state index in [2.05, 4.69) is 5.32 Å². The maximum absolute atomic E-state index is 13.8. The van der Waals surface area contributed by atoms with Gasteiger partial charge in [0.2, 0.25) is 5.91 Å². The number of rotatable bonds is 3. The fourth-order valence-electron chi connectivity index (χ4n) is 3.34. The van der Waals surface area contributed by atoms with Crippen LogP contribution in [0.25, 0.3) is 11.1 Å². The van der Waals surface area contributed by atoms with Crippen molar-refractivity contribution in [3.8, 4) is 11.1 Å². The van der Waals surface area contributed by atoms with Gasteiger partial charge in [0.25, 0.3) is 10.0 Å². The number of hydrogen-bond donors (Lipinski definition) is 1. The zero-order valence-electron chi connectivity index (χ0n) is 15.3. The van der Waals surface area contributed by atoms with Crippen LogP contribution in [0.4, 0.5) is 20.2 Å². The lowest BCUT2D eigenvalue weighted by atomic mass is 10.0. The van der Waals surface area contributed by atoms with Gasteiger partial charge in [0.1, 0.15) is 23.9 Å². The van der Waals surface area contributed by atoms with E-state index < -0.39 is 39.8 Å². The molecule has 0 bridgehead atoms. The molecule has 0 saturated carbocycles. The van der Waals surface area contributed by atoms with Gasteiger partial charge in [-0.05, 0) is 37.3 Å². The number of benzene rings is 3. The van der Waals surface area contributed by atoms with E-state index in [4.69, 9.17) is 0 Å². The van der Waals surface area contributed by atoms with Crippen LogP contribution in [0.3, 0.4) is 0 Å². The number of aryl methyl sites for hydroxylation is 1. The molecule has 1 aliphatic heterocycles. The molecule has 1 heterocycles. The van der Waals surface area contributed by atoms with E-state index in [0.717, 1.165) is 22.0 Å². The highest BCUT2D eigenvalue weighted by atomic mass is 32.2. The molecule has 148 valence electrons. The fourth-order valence-corrected chi connectivity index (χ4v) is 4.99. The molecule has 0 saturated heterocycles. The Morgan fingerprint density at radius 1 is 0.966 bits per heavy atom. The highest BCUT2D eigenvalue weighted by Gasteiger charge is 2.36. The topological polar surface area (TPSA) is 66.5 Å². The first-order chi connectivity index (χ1) is 13.8. The van der Waals surface area contributed by atoms with Crippen LogP contribution in [-0.4, -0.2) is 20.9 Å². The first-order valence-electron chi connectivity index (χ1n) is 8.75. The first-order valence-corrected chi connectivity index (χ1v) is 10.2. The Balaban J connectivity index is 1.75. The number of fused-ring (bicyclic) bond motifs is 3. The van der Waals surface area contributed by atoms with Gasteiger partial charge in [0.05, 0.1) is 10.6 Å². The second-order valence-electron chi connectivity index (χ2n) is 6.67. The molecule has 0 aromatic heterocycles. The Kier molecular flexibility index (Phi) is 4.58. The summed E-state index contributed by atoms with van der Waals surface area (Å²) in [6.07, 6.45) is 0. The predicted octanol–water partition coefficient (Wildman–Crippen LogP) is 4.09. The number of para-hydroxylation sites is 1. The maximum Gasteiger partial charge on any atom is 0.265 e. The summed E-state index contributed by atoms with van der Waals surface area (Å²) in [7, 11) is -4.03. The Morgan fingerprint density at radius 2 is 1.66 bits per heavy atom. The average molecular weight is 414 g/mol. The van der Waals surface area contributed by atoms with Crippen molar-refractivity contribution in [2.24, 2.45) is 0 Å². The number of anilines is 2. The number of sulfonamides is 1. The van der Waals surface area contributed by atoms with Crippen LogP contribution in [0.2, 0.25) is 0 Å². The molecule has 1 aliphatic rings. The summed E-state index contributed by atoms with van der Waals surface area (Å²) in [5.74, 6) is -2.74. The van der Waals surface area contributed by atoms with Gasteiger partial charge in [-0.3, -0.25) is 9.10 Å². The van der Waals surface area contributed by atoms with Crippen molar-refractivity contribution in [3.05, 3.63) is 77.9 Å². The average Bonchev–Trinajstić information content (AvgIpc) is 2.68. The van der Waals surface area contributed by atoms with E-state index in [1.165, 1.54) is 12.1 Å². The SMILES string of the molecule is Cc1ccc2c(c1)-c1ccccc1S(=O)(=O)N2CC(=O)Nc1c(F)cccc1F. The standard InChI is InChI=1S/C21H16F2N2O3S/c1-13-9-10-18-15(11-13)14-5-2-3-8-19(14)29(27,28)25(18)12-20(26)24-21-16(22)6-4-7-17(21)23/h2-11H,12H2,1H3,(H,24,26). The van der Waals surface area contributed by atoms with Crippen LogP contribution in [0.15, 0.2) is 65.6 Å². The Bertz CT molecular complexity index is 1220. The highest BCUT2D eigenvalue weighted by molar-refractivity contribution is 7.93. The number of carbonyl (C=O) groups is 1. The minimum Gasteiger partial charge on any atom is -0.320 e. The minimum atomic E-state index is -4.03. The van der Waals surface area contributed by atoms with E-state index >= 15 is 0 Å². The summed E-state index contributed by atoms with van der Waals surface area (Å²) in [4.78, 5) is 12.6. The van der Waals surface area contributed by atoms with Crippen molar-refractivity contribution in [3.63, 3.8) is 0 Å². The summed E-state index contributed by atoms with van der Waals surface area (Å²) in [5, 5.41) is 2.13. The smallest absolute Gasteiger partial charge is 0.265 e. The van der Waals surface area contributed by atoms with Gasteiger partial charge in [0.15, 0.2) is 0 Å². The van der Waals surface area contributed by atoms with Crippen LogP contribution in [0.5, 0.6) is 0 Å². The molecule has 3 aromatic rings. The van der Waals surface area contributed by atoms with E-state index in [0.29, 0.717) is 16.8 Å². The van der Waals surface area contributed by atoms with Gasteiger partial charge in [-0.25, -0.2) is 17.2 Å². The summed E-state index contributed by atoms with van der Waals surface area (Å²) >= 11 is 0. The summed E-state index contributed by atoms with van der Waals surface area (Å²) in [6.45, 7) is 1.25. The Hall–Kier alpha value is -3.26. The normalized spacial score (nSPS) is 14.1. The molecular weight excluding hydrogens is 398 g/mol. The zero-order chi connectivity index (χ0) is 20.8. The molecule has 0 fully saturated rings. The van der Waals surface area contributed by atoms with Gasteiger partial charge in [-0.1, -0.05) is 35.9 Å². The van der Waals surface area contributed by atoms with Crippen LogP contribution in [0.1, 0.15) is 5.56 Å². The van der Waals surface area contributed by atoms with Gasteiger partial charge < -0.3 is 5.32 Å². The largest absolute Gasteiger partial charge is 0.320 e. The van der Waals surface area contributed by atoms with E-state index in [-0.39, 0.29) is 4.90 Å². The van der Waals surface area contributed by atoms with E-state index in [9.17, 15) is 22.0 Å². The fraction of sp³-hybridized carbons (Fsp3) is 0.0952. The molecule has 4 rings (SSSR count). The van der Waals surface area contributed by atoms with Crippen molar-refractivity contribution >= 4 is 27.3 Å². The van der Waals surface area contributed by atoms with Crippen molar-refractivity contribution < 1.29 is 22.0 Å². The molecular formula is C21H16F2N2O3S. The zero-order valence-corrected chi connectivity index (χ0v) is 16.1. The number of carbonyl (C=O) groups excluding carboxylic acids is 1. The van der Waals surface area contributed by atoms with Crippen molar-refractivity contribution in [2.75, 3.05) is 16.2 Å². The molecule has 3 aromatic carbocycles. The van der Waals surface area contributed by atoms with Gasteiger partial charge >= 0.3 is 0 Å². The highest BCUT2D eigenvalue weighted by Crippen LogP contribution is 2.43. The van der Waals surface area contributed by atoms with Gasteiger partial charge in [-0.2, -0.15) is 0 Å². The quantitative estimate of drug-likeness (QED) is 0.702. The number of amides is 1. The summed E-state index contributed by atoms with van der Waals surface area (Å²) in [6, 6.07) is 14.9. The van der Waals surface area contributed by atoms with Crippen LogP contribution < -0.4 is 9.62 Å². The van der Waals surface area contributed by atoms with Crippen LogP contribution in [-0.2, 0) is 14.8 Å². The number of nitrogens with zero attached hydrogens (tertiary/aromatic N) is 1. The van der Waals surface area contributed by atoms with Crippen LogP contribution >= 0.6 is 0 Å². The van der Waals surface area contributed by atoms with Crippen molar-refractivity contribution in [1.29, 1.82) is 0 Å². The minimum absolute atomic E-state index is 0.0722. The van der Waals surface area contributed by atoms with Crippen molar-refractivity contribution in [1.82, 2.24) is 0 Å². The predicted molar refractivity (Wildman–Crippen MR) is 106 cm³/mol. The number of hydrogen-bond acceptors (Lipinski definition) is 3. The number of halogens is 2. The van der Waals surface area contributed by atoms with E-state index in [1.807, 2.05) is 13.0 Å². The summed E-state index contributed by atoms with van der Waals surface area (Å²) in [5.41, 5.74) is 1.86. The third kappa shape index (κ3) is 3.25. The second-order valence-corrected chi connectivity index (χ2v) is 8.50. The monoisotopic (exact) mass is 414 g/mol. The lowest BCUT2D eigenvalue weighted by Gasteiger charge is -2.31. The molecule has 8 heteroatoms. The first kappa shape index (κ1) is 19.1. The third-order valence-electron chi connectivity index (χ3n) is 4.68. The molecule has 0 aliphatic carbocycles. The van der Waals surface area contributed by atoms with Crippen molar-refractivity contribution in [2.45, 2.75) is 11.8 Å². The third-order valence-corrected chi connectivity index (χ3v) is 6.50. The lowest BCUT2D eigenvalue weighted by molar-refractivity contribution is -0.114. The lowest BCUT2D eigenvalue weighted by Crippen LogP contribution is -2.40. The van der Waals surface area contributed by atoms with Gasteiger partial charge in [0, 0.05) is 11.1 Å². The van der Waals surface area contributed by atoms with Gasteiger partial charge in [-0.15, -0.1) is 0 Å².